The first-order valence-corrected chi connectivity index (χ1v) is 17.3. The van der Waals surface area contributed by atoms with Crippen molar-refractivity contribution in [2.75, 3.05) is 11.9 Å². The lowest BCUT2D eigenvalue weighted by Gasteiger charge is -2.33. The fraction of sp³-hybridized carbons (Fsp3) is 0.500. The van der Waals surface area contributed by atoms with E-state index in [1.54, 1.807) is 6.20 Å². The van der Waals surface area contributed by atoms with Crippen LogP contribution < -0.4 is 5.32 Å². The molecule has 0 amide bonds. The van der Waals surface area contributed by atoms with Gasteiger partial charge in [0.1, 0.15) is 17.8 Å². The van der Waals surface area contributed by atoms with Gasteiger partial charge in [0.05, 0.1) is 23.4 Å². The molecule has 3 aromatic rings. The zero-order valence-electron chi connectivity index (χ0n) is 23.0. The Balaban J connectivity index is 1.68. The van der Waals surface area contributed by atoms with Gasteiger partial charge in [-0.2, -0.15) is 5.10 Å². The molecule has 0 spiro atoms. The average molecular weight is 601 g/mol. The minimum absolute atomic E-state index is 0.136. The van der Waals surface area contributed by atoms with Crippen molar-refractivity contribution in [1.29, 1.82) is 0 Å². The quantitative estimate of drug-likeness (QED) is 0.230. The van der Waals surface area contributed by atoms with E-state index in [0.29, 0.717) is 29.5 Å². The summed E-state index contributed by atoms with van der Waals surface area (Å²) < 4.78 is 9.41. The molecular formula is C28H38BrN5O3Si. The summed E-state index contributed by atoms with van der Waals surface area (Å²) in [5.41, 5.74) is 1.97. The van der Waals surface area contributed by atoms with Gasteiger partial charge in [-0.3, -0.25) is 9.48 Å². The summed E-state index contributed by atoms with van der Waals surface area (Å²) in [4.78, 5) is 22.4. The number of aliphatic hydroxyl groups excluding tert-OH is 1. The number of hydrogen-bond donors (Lipinski definition) is 2. The number of benzene rings is 1. The highest BCUT2D eigenvalue weighted by Crippen LogP contribution is 2.34. The Bertz CT molecular complexity index is 1290. The van der Waals surface area contributed by atoms with E-state index in [1.165, 1.54) is 6.33 Å². The van der Waals surface area contributed by atoms with Crippen LogP contribution >= 0.6 is 15.9 Å². The average Bonchev–Trinajstić information content (AvgIpc) is 3.41. The molecule has 3 atom stereocenters. The maximum absolute atomic E-state index is 13.8. The van der Waals surface area contributed by atoms with Crippen molar-refractivity contribution in [3.63, 3.8) is 0 Å². The summed E-state index contributed by atoms with van der Waals surface area (Å²) in [6, 6.07) is 10.0. The van der Waals surface area contributed by atoms with Crippen LogP contribution in [0.3, 0.4) is 0 Å². The normalized spacial score (nSPS) is 20.1. The van der Waals surface area contributed by atoms with E-state index >= 15 is 0 Å². The van der Waals surface area contributed by atoms with Crippen LogP contribution in [-0.2, 0) is 16.6 Å². The Kier molecular flexibility index (Phi) is 8.56. The largest absolute Gasteiger partial charge is 0.407 e. The van der Waals surface area contributed by atoms with Crippen molar-refractivity contribution in [2.45, 2.75) is 71.4 Å². The van der Waals surface area contributed by atoms with Gasteiger partial charge in [-0.05, 0) is 81.9 Å². The summed E-state index contributed by atoms with van der Waals surface area (Å²) in [6.07, 6.45) is 4.75. The van der Waals surface area contributed by atoms with Crippen LogP contribution in [0.2, 0.25) is 19.6 Å². The van der Waals surface area contributed by atoms with E-state index in [9.17, 15) is 9.90 Å². The van der Waals surface area contributed by atoms with Crippen LogP contribution in [0.1, 0.15) is 60.9 Å². The first-order chi connectivity index (χ1) is 17.9. The number of ketones is 1. The third kappa shape index (κ3) is 6.77. The second-order valence-electron chi connectivity index (χ2n) is 11.8. The lowest BCUT2D eigenvalue weighted by Crippen LogP contribution is -2.38. The Morgan fingerprint density at radius 1 is 1.26 bits per heavy atom. The van der Waals surface area contributed by atoms with Crippen molar-refractivity contribution in [1.82, 2.24) is 19.7 Å². The van der Waals surface area contributed by atoms with Gasteiger partial charge in [0.15, 0.2) is 8.32 Å². The highest BCUT2D eigenvalue weighted by atomic mass is 79.9. The molecule has 1 saturated carbocycles. The lowest BCUT2D eigenvalue weighted by atomic mass is 10.00. The zero-order valence-corrected chi connectivity index (χ0v) is 25.6. The minimum atomic E-state index is -1.91. The second kappa shape index (κ2) is 11.4. The van der Waals surface area contributed by atoms with Gasteiger partial charge < -0.3 is 14.8 Å². The Hall–Kier alpha value is -2.40. The predicted octanol–water partition coefficient (Wildman–Crippen LogP) is 5.62. The lowest BCUT2D eigenvalue weighted by molar-refractivity contribution is 0.0898. The number of aliphatic hydroxyl groups is 1. The third-order valence-corrected chi connectivity index (χ3v) is 8.61. The smallest absolute Gasteiger partial charge is 0.218 e. The SMILES string of the molecule is C[C@H]1C[C@H](Nc2ncncc2C(=O)c2cc(C(C)(C)O[Si](C)(C)C)n(Cc3cccc(Br)c3)n2)C[C@@H]1CO. The van der Waals surface area contributed by atoms with Crippen molar-refractivity contribution < 1.29 is 14.3 Å². The second-order valence-corrected chi connectivity index (χ2v) is 17.1. The van der Waals surface area contributed by atoms with Gasteiger partial charge in [-0.15, -0.1) is 0 Å². The number of carbonyl (C=O) groups excluding carboxylic acids is 1. The van der Waals surface area contributed by atoms with Gasteiger partial charge in [-0.25, -0.2) is 9.97 Å². The van der Waals surface area contributed by atoms with E-state index < -0.39 is 13.9 Å². The molecule has 1 fully saturated rings. The molecule has 4 rings (SSSR count). The first kappa shape index (κ1) is 28.6. The highest BCUT2D eigenvalue weighted by Gasteiger charge is 2.35. The van der Waals surface area contributed by atoms with Gasteiger partial charge in [0.25, 0.3) is 0 Å². The fourth-order valence-corrected chi connectivity index (χ4v) is 7.49. The van der Waals surface area contributed by atoms with Crippen LogP contribution in [-0.4, -0.2) is 51.6 Å². The molecule has 204 valence electrons. The van der Waals surface area contributed by atoms with E-state index in [-0.39, 0.29) is 24.3 Å². The summed E-state index contributed by atoms with van der Waals surface area (Å²) in [5.74, 6) is 0.916. The summed E-state index contributed by atoms with van der Waals surface area (Å²) in [6.45, 7) is 13.3. The molecule has 1 aliphatic rings. The van der Waals surface area contributed by atoms with Gasteiger partial charge in [0.2, 0.25) is 5.78 Å². The van der Waals surface area contributed by atoms with Crippen molar-refractivity contribution >= 4 is 35.8 Å². The van der Waals surface area contributed by atoms with Crippen LogP contribution in [0.5, 0.6) is 0 Å². The number of halogens is 1. The molecule has 0 saturated heterocycles. The zero-order chi connectivity index (χ0) is 27.7. The van der Waals surface area contributed by atoms with Crippen LogP contribution in [0.25, 0.3) is 0 Å². The number of hydrogen-bond acceptors (Lipinski definition) is 7. The molecule has 0 unspecified atom stereocenters. The summed E-state index contributed by atoms with van der Waals surface area (Å²) in [7, 11) is -1.91. The number of nitrogens with one attached hydrogen (secondary N) is 1. The molecular weight excluding hydrogens is 562 g/mol. The third-order valence-electron chi connectivity index (χ3n) is 6.99. The minimum Gasteiger partial charge on any atom is -0.407 e. The molecule has 1 aromatic carbocycles. The monoisotopic (exact) mass is 599 g/mol. The van der Waals surface area contributed by atoms with E-state index in [1.807, 2.05) is 42.8 Å². The number of rotatable bonds is 10. The number of carbonyl (C=O) groups is 1. The van der Waals surface area contributed by atoms with E-state index in [0.717, 1.165) is 28.6 Å². The van der Waals surface area contributed by atoms with Crippen molar-refractivity contribution in [3.05, 3.63) is 69.8 Å². The summed E-state index contributed by atoms with van der Waals surface area (Å²) in [5, 5.41) is 17.9. The molecule has 2 N–H and O–H groups in total. The number of anilines is 1. The molecule has 38 heavy (non-hydrogen) atoms. The molecule has 2 aromatic heterocycles. The maximum Gasteiger partial charge on any atom is 0.218 e. The molecule has 10 heteroatoms. The van der Waals surface area contributed by atoms with E-state index in [2.05, 4.69) is 63.8 Å². The van der Waals surface area contributed by atoms with Gasteiger partial charge in [0, 0.05) is 23.3 Å². The highest BCUT2D eigenvalue weighted by molar-refractivity contribution is 9.10. The Morgan fingerprint density at radius 3 is 2.68 bits per heavy atom. The molecule has 8 nitrogen and oxygen atoms in total. The molecule has 0 aliphatic heterocycles. The standard InChI is InChI=1S/C28H38BrN5O3Si/c1-18-10-22(12-20(18)16-35)32-27-23(14-30-17-31-27)26(36)24-13-25(28(2,3)37-38(4,5)6)34(33-24)15-19-8-7-9-21(29)11-19/h7-9,11,13-14,17-18,20,22,35H,10,12,15-16H2,1-6H3,(H,30,31,32)/t18-,20+,22-/m0/s1. The van der Waals surface area contributed by atoms with Gasteiger partial charge in [-0.1, -0.05) is 35.0 Å². The molecule has 0 radical (unpaired) electrons. The fourth-order valence-electron chi connectivity index (χ4n) is 5.41. The summed E-state index contributed by atoms with van der Waals surface area (Å²) >= 11 is 3.55. The van der Waals surface area contributed by atoms with Crippen LogP contribution in [0, 0.1) is 11.8 Å². The first-order valence-electron chi connectivity index (χ1n) is 13.1. The van der Waals surface area contributed by atoms with E-state index in [4.69, 9.17) is 9.52 Å². The van der Waals surface area contributed by atoms with Crippen molar-refractivity contribution in [3.8, 4) is 0 Å². The Morgan fingerprint density at radius 2 is 2.03 bits per heavy atom. The number of nitrogens with zero attached hydrogens (tertiary/aromatic N) is 4. The van der Waals surface area contributed by atoms with Crippen LogP contribution in [0.4, 0.5) is 5.82 Å². The molecule has 2 heterocycles. The van der Waals surface area contributed by atoms with Crippen molar-refractivity contribution in [2.24, 2.45) is 11.8 Å². The topological polar surface area (TPSA) is 102 Å². The maximum atomic E-state index is 13.8. The van der Waals surface area contributed by atoms with Gasteiger partial charge >= 0.3 is 0 Å². The Labute approximate surface area is 234 Å². The predicted molar refractivity (Wildman–Crippen MR) is 155 cm³/mol. The van der Waals surface area contributed by atoms with Crippen LogP contribution in [0.15, 0.2) is 47.3 Å². The number of aromatic nitrogens is 4. The molecule has 0 bridgehead atoms. The molecule has 1 aliphatic carbocycles.